The minimum absolute atomic E-state index is 0.840. The average Bonchev–Trinajstić information content (AvgIpc) is 2.42. The van der Waals surface area contributed by atoms with Crippen LogP contribution in [-0.2, 0) is 6.42 Å². The van der Waals surface area contributed by atoms with Crippen LogP contribution in [-0.4, -0.2) is 19.7 Å². The average molecular weight is 249 g/mol. The summed E-state index contributed by atoms with van der Waals surface area (Å²) in [6, 6.07) is 8.44. The molecule has 2 nitrogen and oxygen atoms in total. The van der Waals surface area contributed by atoms with Crippen LogP contribution in [0, 0.1) is 0 Å². The molecule has 0 unspecified atom stereocenters. The van der Waals surface area contributed by atoms with Crippen molar-refractivity contribution in [2.24, 2.45) is 0 Å². The van der Waals surface area contributed by atoms with E-state index in [4.69, 9.17) is 4.74 Å². The lowest BCUT2D eigenvalue weighted by Crippen LogP contribution is -2.13. The molecule has 0 saturated carbocycles. The number of hydrogen-bond donors (Lipinski definition) is 1. The Bertz CT molecular complexity index is 294. The van der Waals surface area contributed by atoms with Gasteiger partial charge in [0.1, 0.15) is 5.75 Å². The predicted molar refractivity (Wildman–Crippen MR) is 78.3 cm³/mol. The maximum absolute atomic E-state index is 5.72. The quantitative estimate of drug-likeness (QED) is 0.637. The molecule has 0 aliphatic rings. The molecule has 102 valence electrons. The lowest BCUT2D eigenvalue weighted by molar-refractivity contribution is 0.304. The fourth-order valence-corrected chi connectivity index (χ4v) is 1.89. The number of nitrogens with one attached hydrogen (secondary N) is 1. The summed E-state index contributed by atoms with van der Waals surface area (Å²) in [6.45, 7) is 7.39. The second-order valence-electron chi connectivity index (χ2n) is 4.61. The number of hydrogen-bond acceptors (Lipinski definition) is 2. The first-order valence-corrected chi connectivity index (χ1v) is 7.29. The van der Waals surface area contributed by atoms with Crippen LogP contribution in [0.3, 0.4) is 0 Å². The number of rotatable bonds is 10. The van der Waals surface area contributed by atoms with Gasteiger partial charge >= 0.3 is 0 Å². The van der Waals surface area contributed by atoms with E-state index >= 15 is 0 Å². The van der Waals surface area contributed by atoms with Gasteiger partial charge in [0.15, 0.2) is 0 Å². The van der Waals surface area contributed by atoms with E-state index in [0.717, 1.165) is 38.3 Å². The molecule has 0 fully saturated rings. The molecule has 0 radical (unpaired) electrons. The third-order valence-corrected chi connectivity index (χ3v) is 3.10. The second kappa shape index (κ2) is 9.95. The van der Waals surface area contributed by atoms with E-state index in [0.29, 0.717) is 0 Å². The summed E-state index contributed by atoms with van der Waals surface area (Å²) in [7, 11) is 0. The third-order valence-electron chi connectivity index (χ3n) is 3.10. The van der Waals surface area contributed by atoms with Gasteiger partial charge in [0.2, 0.25) is 0 Å². The van der Waals surface area contributed by atoms with Gasteiger partial charge in [0.05, 0.1) is 6.61 Å². The Balaban J connectivity index is 2.00. The second-order valence-corrected chi connectivity index (χ2v) is 4.61. The first-order chi connectivity index (χ1) is 8.86. The monoisotopic (exact) mass is 249 g/mol. The highest BCUT2D eigenvalue weighted by atomic mass is 16.5. The molecule has 0 amide bonds. The van der Waals surface area contributed by atoms with Gasteiger partial charge < -0.3 is 10.1 Å². The summed E-state index contributed by atoms with van der Waals surface area (Å²) in [5, 5.41) is 3.34. The van der Waals surface area contributed by atoms with E-state index < -0.39 is 0 Å². The van der Waals surface area contributed by atoms with Gasteiger partial charge in [-0.3, -0.25) is 0 Å². The Morgan fingerprint density at radius 1 is 0.944 bits per heavy atom. The van der Waals surface area contributed by atoms with Crippen molar-refractivity contribution in [2.75, 3.05) is 19.7 Å². The fraction of sp³-hybridized carbons (Fsp3) is 0.625. The van der Waals surface area contributed by atoms with Crippen molar-refractivity contribution >= 4 is 0 Å². The van der Waals surface area contributed by atoms with Crippen molar-refractivity contribution in [1.82, 2.24) is 5.32 Å². The Kier molecular flexibility index (Phi) is 8.32. The molecule has 1 aromatic carbocycles. The van der Waals surface area contributed by atoms with E-state index in [1.54, 1.807) is 0 Å². The zero-order valence-corrected chi connectivity index (χ0v) is 11.9. The Hall–Kier alpha value is -1.02. The van der Waals surface area contributed by atoms with Crippen molar-refractivity contribution < 1.29 is 4.74 Å². The normalized spacial score (nSPS) is 10.6. The summed E-state index contributed by atoms with van der Waals surface area (Å²) in [5.41, 5.74) is 1.37. The zero-order valence-electron chi connectivity index (χ0n) is 11.9. The van der Waals surface area contributed by atoms with Gasteiger partial charge in [-0.2, -0.15) is 0 Å². The van der Waals surface area contributed by atoms with Crippen LogP contribution in [0.2, 0.25) is 0 Å². The molecule has 0 atom stereocenters. The van der Waals surface area contributed by atoms with E-state index in [1.165, 1.54) is 24.8 Å². The van der Waals surface area contributed by atoms with Gasteiger partial charge in [-0.25, -0.2) is 0 Å². The largest absolute Gasteiger partial charge is 0.494 e. The summed E-state index contributed by atoms with van der Waals surface area (Å²) in [6.07, 6.45) is 6.08. The first-order valence-electron chi connectivity index (χ1n) is 7.29. The summed E-state index contributed by atoms with van der Waals surface area (Å²) in [4.78, 5) is 0. The molecular weight excluding hydrogens is 222 g/mol. The minimum atomic E-state index is 0.840. The highest BCUT2D eigenvalue weighted by molar-refractivity contribution is 5.27. The van der Waals surface area contributed by atoms with Crippen LogP contribution in [0.15, 0.2) is 24.3 Å². The number of aryl methyl sites for hydroxylation is 1. The van der Waals surface area contributed by atoms with Crippen molar-refractivity contribution in [2.45, 2.75) is 46.0 Å². The lowest BCUT2D eigenvalue weighted by Gasteiger charge is -2.07. The standard InChI is InChI=1S/C16H27NO/c1-3-15-9-11-16(12-10-15)18-14-8-6-5-7-13-17-4-2/h9-12,17H,3-8,13-14H2,1-2H3. The molecule has 0 aliphatic heterocycles. The molecule has 18 heavy (non-hydrogen) atoms. The maximum atomic E-state index is 5.72. The molecule has 0 spiro atoms. The van der Waals surface area contributed by atoms with Gasteiger partial charge in [0.25, 0.3) is 0 Å². The molecule has 0 aliphatic carbocycles. The van der Waals surface area contributed by atoms with E-state index in [1.807, 2.05) is 0 Å². The summed E-state index contributed by atoms with van der Waals surface area (Å²) >= 11 is 0. The van der Waals surface area contributed by atoms with Gasteiger partial charge in [-0.15, -0.1) is 0 Å². The highest BCUT2D eigenvalue weighted by Gasteiger charge is 1.95. The van der Waals surface area contributed by atoms with Crippen LogP contribution >= 0.6 is 0 Å². The van der Waals surface area contributed by atoms with E-state index in [-0.39, 0.29) is 0 Å². The Morgan fingerprint density at radius 3 is 2.33 bits per heavy atom. The van der Waals surface area contributed by atoms with Crippen LogP contribution < -0.4 is 10.1 Å². The number of ether oxygens (including phenoxy) is 1. The SMILES string of the molecule is CCNCCCCCCOc1ccc(CC)cc1. The zero-order chi connectivity index (χ0) is 13.1. The van der Waals surface area contributed by atoms with Gasteiger partial charge in [0, 0.05) is 0 Å². The first kappa shape index (κ1) is 15.0. The minimum Gasteiger partial charge on any atom is -0.494 e. The third kappa shape index (κ3) is 6.65. The molecule has 0 heterocycles. The molecule has 1 rings (SSSR count). The molecule has 0 bridgehead atoms. The highest BCUT2D eigenvalue weighted by Crippen LogP contribution is 2.13. The van der Waals surface area contributed by atoms with Crippen LogP contribution in [0.1, 0.15) is 45.1 Å². The van der Waals surface area contributed by atoms with Crippen molar-refractivity contribution in [3.8, 4) is 5.75 Å². The number of benzene rings is 1. The molecule has 0 aromatic heterocycles. The Labute approximate surface area is 112 Å². The van der Waals surface area contributed by atoms with Crippen LogP contribution in [0.5, 0.6) is 5.75 Å². The van der Waals surface area contributed by atoms with Gasteiger partial charge in [-0.1, -0.05) is 38.8 Å². The molecular formula is C16H27NO. The summed E-state index contributed by atoms with van der Waals surface area (Å²) < 4.78 is 5.72. The Morgan fingerprint density at radius 2 is 1.67 bits per heavy atom. The maximum Gasteiger partial charge on any atom is 0.119 e. The van der Waals surface area contributed by atoms with Crippen LogP contribution in [0.25, 0.3) is 0 Å². The smallest absolute Gasteiger partial charge is 0.119 e. The van der Waals surface area contributed by atoms with Crippen LogP contribution in [0.4, 0.5) is 0 Å². The van der Waals surface area contributed by atoms with Crippen molar-refractivity contribution in [3.05, 3.63) is 29.8 Å². The predicted octanol–water partition coefficient (Wildman–Crippen LogP) is 3.80. The number of unbranched alkanes of at least 4 members (excludes halogenated alkanes) is 3. The molecule has 0 saturated heterocycles. The van der Waals surface area contributed by atoms with Crippen molar-refractivity contribution in [3.63, 3.8) is 0 Å². The molecule has 2 heteroatoms. The fourth-order valence-electron chi connectivity index (χ4n) is 1.89. The van der Waals surface area contributed by atoms with Crippen molar-refractivity contribution in [1.29, 1.82) is 0 Å². The topological polar surface area (TPSA) is 21.3 Å². The molecule has 1 aromatic rings. The van der Waals surface area contributed by atoms with E-state index in [9.17, 15) is 0 Å². The summed E-state index contributed by atoms with van der Waals surface area (Å²) in [5.74, 6) is 1.000. The lowest BCUT2D eigenvalue weighted by atomic mass is 10.2. The molecule has 1 N–H and O–H groups in total. The van der Waals surface area contributed by atoms with Gasteiger partial charge in [-0.05, 0) is 50.0 Å². The van der Waals surface area contributed by atoms with E-state index in [2.05, 4.69) is 43.4 Å².